The van der Waals surface area contributed by atoms with Crippen LogP contribution in [-0.4, -0.2) is 20.1 Å². The van der Waals surface area contributed by atoms with Gasteiger partial charge in [-0.05, 0) is 36.1 Å². The third kappa shape index (κ3) is 3.86. The van der Waals surface area contributed by atoms with Crippen LogP contribution in [0.1, 0.15) is 10.4 Å². The highest BCUT2D eigenvalue weighted by molar-refractivity contribution is 7.10. The van der Waals surface area contributed by atoms with Crippen molar-refractivity contribution in [1.82, 2.24) is 0 Å². The van der Waals surface area contributed by atoms with E-state index in [0.29, 0.717) is 17.2 Å². The first-order chi connectivity index (χ1) is 10.1. The third-order valence-electron chi connectivity index (χ3n) is 2.93. The molecule has 0 bridgehead atoms. The van der Waals surface area contributed by atoms with Gasteiger partial charge in [0, 0.05) is 22.7 Å². The predicted octanol–water partition coefficient (Wildman–Crippen LogP) is 3.73. The lowest BCUT2D eigenvalue weighted by atomic mass is 10.1. The Morgan fingerprint density at radius 2 is 1.95 bits per heavy atom. The largest absolute Gasteiger partial charge is 0.493 e. The summed E-state index contributed by atoms with van der Waals surface area (Å²) in [6, 6.07) is 7.49. The van der Waals surface area contributed by atoms with Crippen LogP contribution >= 0.6 is 11.3 Å². The fourth-order valence-corrected chi connectivity index (χ4v) is 2.45. The summed E-state index contributed by atoms with van der Waals surface area (Å²) in [4.78, 5) is 13.0. The van der Waals surface area contributed by atoms with E-state index in [-0.39, 0.29) is 5.91 Å². The number of hydrogen-bond acceptors (Lipinski definition) is 4. The van der Waals surface area contributed by atoms with Crippen LogP contribution in [-0.2, 0) is 4.79 Å². The van der Waals surface area contributed by atoms with Gasteiger partial charge in [-0.1, -0.05) is 6.07 Å². The summed E-state index contributed by atoms with van der Waals surface area (Å²) in [6.07, 6.45) is 3.30. The number of ether oxygens (including phenoxy) is 2. The second-order valence-corrected chi connectivity index (χ2v) is 5.34. The van der Waals surface area contributed by atoms with Gasteiger partial charge in [0.05, 0.1) is 14.2 Å². The fraction of sp³-hybridized carbons (Fsp3) is 0.188. The van der Waals surface area contributed by atoms with Crippen molar-refractivity contribution < 1.29 is 14.3 Å². The summed E-state index contributed by atoms with van der Waals surface area (Å²) in [6.45, 7) is 1.90. The minimum atomic E-state index is -0.182. The highest BCUT2D eigenvalue weighted by atomic mass is 32.1. The lowest BCUT2D eigenvalue weighted by Crippen LogP contribution is -2.09. The van der Waals surface area contributed by atoms with Crippen molar-refractivity contribution in [2.75, 3.05) is 19.5 Å². The van der Waals surface area contributed by atoms with Crippen LogP contribution in [0.15, 0.2) is 35.7 Å². The SMILES string of the molecule is COc1cc(C)c(NC(=O)/C=C/c2cccs2)cc1OC. The molecular formula is C16H17NO3S. The summed E-state index contributed by atoms with van der Waals surface area (Å²) in [5, 5.41) is 4.81. The van der Waals surface area contributed by atoms with Crippen molar-refractivity contribution in [2.24, 2.45) is 0 Å². The minimum Gasteiger partial charge on any atom is -0.493 e. The van der Waals surface area contributed by atoms with Crippen LogP contribution in [0.2, 0.25) is 0 Å². The van der Waals surface area contributed by atoms with E-state index in [1.165, 1.54) is 6.08 Å². The molecule has 1 aromatic carbocycles. The molecule has 1 heterocycles. The zero-order chi connectivity index (χ0) is 15.2. The number of anilines is 1. The van der Waals surface area contributed by atoms with E-state index in [4.69, 9.17) is 9.47 Å². The molecule has 0 saturated heterocycles. The Labute approximate surface area is 128 Å². The quantitative estimate of drug-likeness (QED) is 0.856. The van der Waals surface area contributed by atoms with Crippen LogP contribution in [0.4, 0.5) is 5.69 Å². The Hall–Kier alpha value is -2.27. The fourth-order valence-electron chi connectivity index (χ4n) is 1.83. The van der Waals surface area contributed by atoms with Crippen molar-refractivity contribution in [1.29, 1.82) is 0 Å². The molecule has 0 aliphatic carbocycles. The highest BCUT2D eigenvalue weighted by Gasteiger charge is 2.09. The summed E-state index contributed by atoms with van der Waals surface area (Å²) in [5.74, 6) is 1.04. The van der Waals surface area contributed by atoms with Crippen molar-refractivity contribution >= 4 is 29.0 Å². The van der Waals surface area contributed by atoms with Crippen LogP contribution in [0, 0.1) is 6.92 Å². The molecule has 5 heteroatoms. The molecule has 0 spiro atoms. The number of carbonyl (C=O) groups excluding carboxylic acids is 1. The summed E-state index contributed by atoms with van der Waals surface area (Å²) in [5.41, 5.74) is 1.61. The number of methoxy groups -OCH3 is 2. The molecule has 0 unspecified atom stereocenters. The first-order valence-corrected chi connectivity index (χ1v) is 7.27. The standard InChI is InChI=1S/C16H17NO3S/c1-11-9-14(19-2)15(20-3)10-13(11)17-16(18)7-6-12-5-4-8-21-12/h4-10H,1-3H3,(H,17,18)/b7-6+. The number of hydrogen-bond donors (Lipinski definition) is 1. The number of carbonyl (C=O) groups is 1. The number of benzene rings is 1. The normalized spacial score (nSPS) is 10.6. The maximum Gasteiger partial charge on any atom is 0.248 e. The maximum atomic E-state index is 11.9. The Morgan fingerprint density at radius 3 is 2.57 bits per heavy atom. The molecule has 110 valence electrons. The van der Waals surface area contributed by atoms with Gasteiger partial charge in [0.1, 0.15) is 0 Å². The molecule has 1 N–H and O–H groups in total. The van der Waals surface area contributed by atoms with Gasteiger partial charge in [0.15, 0.2) is 11.5 Å². The lowest BCUT2D eigenvalue weighted by molar-refractivity contribution is -0.111. The summed E-state index contributed by atoms with van der Waals surface area (Å²) >= 11 is 1.58. The highest BCUT2D eigenvalue weighted by Crippen LogP contribution is 2.32. The molecule has 4 nitrogen and oxygen atoms in total. The van der Waals surface area contributed by atoms with Crippen LogP contribution in [0.3, 0.4) is 0 Å². The molecule has 0 radical (unpaired) electrons. The minimum absolute atomic E-state index is 0.182. The van der Waals surface area contributed by atoms with Crippen molar-refractivity contribution in [3.05, 3.63) is 46.2 Å². The van der Waals surface area contributed by atoms with Crippen LogP contribution in [0.5, 0.6) is 11.5 Å². The average Bonchev–Trinajstić information content (AvgIpc) is 3.00. The first-order valence-electron chi connectivity index (χ1n) is 6.39. The molecule has 0 saturated carbocycles. The Bertz CT molecular complexity index is 648. The van der Waals surface area contributed by atoms with Crippen molar-refractivity contribution in [3.8, 4) is 11.5 Å². The number of aryl methyl sites for hydroxylation is 1. The van der Waals surface area contributed by atoms with Gasteiger partial charge in [-0.15, -0.1) is 11.3 Å². The van der Waals surface area contributed by atoms with Crippen LogP contribution < -0.4 is 14.8 Å². The van der Waals surface area contributed by atoms with Crippen LogP contribution in [0.25, 0.3) is 6.08 Å². The molecule has 1 amide bonds. The van der Waals surface area contributed by atoms with E-state index in [2.05, 4.69) is 5.32 Å². The molecule has 21 heavy (non-hydrogen) atoms. The number of thiophene rings is 1. The lowest BCUT2D eigenvalue weighted by Gasteiger charge is -2.12. The molecule has 0 aliphatic rings. The van der Waals surface area contributed by atoms with Gasteiger partial charge in [0.2, 0.25) is 5.91 Å². The molecule has 0 fully saturated rings. The van der Waals surface area contributed by atoms with Gasteiger partial charge in [-0.3, -0.25) is 4.79 Å². The average molecular weight is 303 g/mol. The van der Waals surface area contributed by atoms with Gasteiger partial charge in [0.25, 0.3) is 0 Å². The maximum absolute atomic E-state index is 11.9. The van der Waals surface area contributed by atoms with Gasteiger partial charge >= 0.3 is 0 Å². The first kappa shape index (κ1) is 15.1. The topological polar surface area (TPSA) is 47.6 Å². The Kier molecular flexibility index (Phi) is 5.00. The van der Waals surface area contributed by atoms with Crippen molar-refractivity contribution in [2.45, 2.75) is 6.92 Å². The number of nitrogens with one attached hydrogen (secondary N) is 1. The monoisotopic (exact) mass is 303 g/mol. The van der Waals surface area contributed by atoms with E-state index in [9.17, 15) is 4.79 Å². The second kappa shape index (κ2) is 6.95. The summed E-state index contributed by atoms with van der Waals surface area (Å²) < 4.78 is 10.5. The Morgan fingerprint density at radius 1 is 1.24 bits per heavy atom. The third-order valence-corrected chi connectivity index (χ3v) is 3.77. The Balaban J connectivity index is 2.13. The van der Waals surface area contributed by atoms with E-state index >= 15 is 0 Å². The number of amides is 1. The molecule has 2 rings (SSSR count). The molecule has 0 atom stereocenters. The van der Waals surface area contributed by atoms with Gasteiger partial charge < -0.3 is 14.8 Å². The van der Waals surface area contributed by atoms with E-state index in [1.54, 1.807) is 37.7 Å². The zero-order valence-electron chi connectivity index (χ0n) is 12.2. The zero-order valence-corrected chi connectivity index (χ0v) is 13.0. The molecule has 0 aliphatic heterocycles. The van der Waals surface area contributed by atoms with E-state index in [1.807, 2.05) is 30.5 Å². The van der Waals surface area contributed by atoms with E-state index < -0.39 is 0 Å². The molecule has 2 aromatic rings. The van der Waals surface area contributed by atoms with Gasteiger partial charge in [-0.25, -0.2) is 0 Å². The molecular weight excluding hydrogens is 286 g/mol. The van der Waals surface area contributed by atoms with Crippen molar-refractivity contribution in [3.63, 3.8) is 0 Å². The van der Waals surface area contributed by atoms with Gasteiger partial charge in [-0.2, -0.15) is 0 Å². The smallest absolute Gasteiger partial charge is 0.248 e. The molecule has 1 aromatic heterocycles. The predicted molar refractivity (Wildman–Crippen MR) is 86.3 cm³/mol. The number of rotatable bonds is 5. The van der Waals surface area contributed by atoms with E-state index in [0.717, 1.165) is 10.4 Å². The second-order valence-electron chi connectivity index (χ2n) is 4.36. The summed E-state index contributed by atoms with van der Waals surface area (Å²) in [7, 11) is 3.15.